The van der Waals surface area contributed by atoms with Crippen LogP contribution >= 0.6 is 11.8 Å². The molecule has 1 amide bonds. The molecular weight excluding hydrogens is 246 g/mol. The Morgan fingerprint density at radius 3 is 3.06 bits per heavy atom. The summed E-state index contributed by atoms with van der Waals surface area (Å²) < 4.78 is 0. The number of nitrogens with zero attached hydrogens (tertiary/aromatic N) is 1. The van der Waals surface area contributed by atoms with Crippen molar-refractivity contribution in [3.63, 3.8) is 0 Å². The van der Waals surface area contributed by atoms with Gasteiger partial charge in [-0.25, -0.2) is 0 Å². The third-order valence-electron chi connectivity index (χ3n) is 2.31. The van der Waals surface area contributed by atoms with Crippen molar-refractivity contribution in [1.82, 2.24) is 0 Å². The summed E-state index contributed by atoms with van der Waals surface area (Å²) in [6.07, 6.45) is 0. The summed E-state index contributed by atoms with van der Waals surface area (Å²) in [5, 5.41) is 11.5. The van der Waals surface area contributed by atoms with Gasteiger partial charge in [0.1, 0.15) is 0 Å². The molecule has 0 radical (unpaired) electrons. The molecule has 0 heterocycles. The normalized spacial score (nSPS) is 11.6. The van der Waals surface area contributed by atoms with Crippen LogP contribution in [-0.2, 0) is 4.79 Å². The summed E-state index contributed by atoms with van der Waals surface area (Å²) in [6, 6.07) is 8.91. The lowest BCUT2D eigenvalue weighted by molar-refractivity contribution is -0.113. The first kappa shape index (κ1) is 14.6. The molecule has 1 unspecified atom stereocenters. The lowest BCUT2D eigenvalue weighted by atomic mass is 10.2. The molecule has 0 saturated carbocycles. The summed E-state index contributed by atoms with van der Waals surface area (Å²) in [5.41, 5.74) is 6.70. The quantitative estimate of drug-likeness (QED) is 0.820. The van der Waals surface area contributed by atoms with Crippen molar-refractivity contribution in [3.05, 3.63) is 29.8 Å². The third-order valence-corrected chi connectivity index (χ3v) is 3.58. The predicted molar refractivity (Wildman–Crippen MR) is 75.3 cm³/mol. The van der Waals surface area contributed by atoms with E-state index in [1.54, 1.807) is 36.0 Å². The molecule has 1 rings (SSSR count). The molecule has 0 aromatic heterocycles. The fourth-order valence-corrected chi connectivity index (χ4v) is 2.20. The van der Waals surface area contributed by atoms with Crippen LogP contribution in [-0.4, -0.2) is 24.0 Å². The lowest BCUT2D eigenvalue weighted by Crippen LogP contribution is -2.17. The second kappa shape index (κ2) is 7.75. The number of anilines is 1. The highest BCUT2D eigenvalue weighted by atomic mass is 32.2. The van der Waals surface area contributed by atoms with Crippen LogP contribution < -0.4 is 11.1 Å². The number of carbonyl (C=O) groups is 1. The Hall–Kier alpha value is -1.51. The van der Waals surface area contributed by atoms with Crippen LogP contribution in [0.3, 0.4) is 0 Å². The van der Waals surface area contributed by atoms with Crippen LogP contribution in [0.5, 0.6) is 0 Å². The SMILES string of the molecule is CC(CN)CSCC(=O)Nc1cccc(C#N)c1. The standard InChI is InChI=1S/C13H17N3OS/c1-10(6-14)8-18-9-13(17)16-12-4-2-3-11(5-12)7-15/h2-5,10H,6,8-9,14H2,1H3,(H,16,17). The zero-order chi connectivity index (χ0) is 13.4. The minimum Gasteiger partial charge on any atom is -0.330 e. The second-order valence-electron chi connectivity index (χ2n) is 4.10. The van der Waals surface area contributed by atoms with Crippen molar-refractivity contribution in [3.8, 4) is 6.07 Å². The molecule has 96 valence electrons. The van der Waals surface area contributed by atoms with Gasteiger partial charge in [-0.15, -0.1) is 0 Å². The maximum Gasteiger partial charge on any atom is 0.234 e. The summed E-state index contributed by atoms with van der Waals surface area (Å²) in [5.74, 6) is 1.65. The van der Waals surface area contributed by atoms with Gasteiger partial charge in [0, 0.05) is 5.69 Å². The Kier molecular flexibility index (Phi) is 6.26. The van der Waals surface area contributed by atoms with Gasteiger partial charge in [0.2, 0.25) is 5.91 Å². The fraction of sp³-hybridized carbons (Fsp3) is 0.385. The number of thioether (sulfide) groups is 1. The number of benzene rings is 1. The van der Waals surface area contributed by atoms with E-state index < -0.39 is 0 Å². The summed E-state index contributed by atoms with van der Waals surface area (Å²) in [4.78, 5) is 11.6. The number of rotatable bonds is 6. The van der Waals surface area contributed by atoms with Crippen LogP contribution in [0.25, 0.3) is 0 Å². The maximum atomic E-state index is 11.6. The van der Waals surface area contributed by atoms with E-state index in [0.717, 1.165) is 5.75 Å². The van der Waals surface area contributed by atoms with Gasteiger partial charge in [0.25, 0.3) is 0 Å². The smallest absolute Gasteiger partial charge is 0.234 e. The van der Waals surface area contributed by atoms with Gasteiger partial charge < -0.3 is 11.1 Å². The van der Waals surface area contributed by atoms with Crippen LogP contribution in [0.15, 0.2) is 24.3 Å². The Morgan fingerprint density at radius 1 is 1.61 bits per heavy atom. The molecule has 0 bridgehead atoms. The predicted octanol–water partition coefficient (Wildman–Crippen LogP) is 1.82. The number of carbonyl (C=O) groups excluding carboxylic acids is 1. The Bertz CT molecular complexity index is 442. The number of nitrogens with one attached hydrogen (secondary N) is 1. The van der Waals surface area contributed by atoms with Crippen LogP contribution in [0.1, 0.15) is 12.5 Å². The summed E-state index contributed by atoms with van der Waals surface area (Å²) in [7, 11) is 0. The van der Waals surface area contributed by atoms with Gasteiger partial charge in [-0.1, -0.05) is 13.0 Å². The van der Waals surface area contributed by atoms with Crippen molar-refractivity contribution < 1.29 is 4.79 Å². The molecule has 18 heavy (non-hydrogen) atoms. The minimum atomic E-state index is -0.0562. The molecule has 0 aliphatic heterocycles. The van der Waals surface area contributed by atoms with E-state index in [-0.39, 0.29) is 5.91 Å². The van der Waals surface area contributed by atoms with E-state index in [2.05, 4.69) is 12.2 Å². The molecule has 0 spiro atoms. The van der Waals surface area contributed by atoms with Gasteiger partial charge in [-0.2, -0.15) is 17.0 Å². The second-order valence-corrected chi connectivity index (χ2v) is 5.13. The molecule has 1 atom stereocenters. The number of amides is 1. The third kappa shape index (κ3) is 5.21. The van der Waals surface area contributed by atoms with E-state index in [1.165, 1.54) is 0 Å². The molecule has 1 aromatic carbocycles. The summed E-state index contributed by atoms with van der Waals surface area (Å²) in [6.45, 7) is 2.69. The summed E-state index contributed by atoms with van der Waals surface area (Å²) >= 11 is 1.57. The Balaban J connectivity index is 2.38. The van der Waals surface area contributed by atoms with E-state index >= 15 is 0 Å². The average molecular weight is 263 g/mol. The van der Waals surface area contributed by atoms with Crippen molar-refractivity contribution >= 4 is 23.4 Å². The number of nitriles is 1. The first-order valence-corrected chi connectivity index (χ1v) is 6.89. The maximum absolute atomic E-state index is 11.6. The number of nitrogens with two attached hydrogens (primary N) is 1. The van der Waals surface area contributed by atoms with Crippen LogP contribution in [0.4, 0.5) is 5.69 Å². The first-order chi connectivity index (χ1) is 8.65. The molecule has 0 saturated heterocycles. The lowest BCUT2D eigenvalue weighted by Gasteiger charge is -2.08. The highest BCUT2D eigenvalue weighted by Crippen LogP contribution is 2.12. The fourth-order valence-electron chi connectivity index (χ4n) is 1.28. The average Bonchev–Trinajstić information content (AvgIpc) is 2.38. The van der Waals surface area contributed by atoms with E-state index in [9.17, 15) is 4.79 Å². The van der Waals surface area contributed by atoms with Crippen molar-refractivity contribution in [1.29, 1.82) is 5.26 Å². The van der Waals surface area contributed by atoms with Gasteiger partial charge in [0.15, 0.2) is 0 Å². The molecule has 0 aliphatic rings. The van der Waals surface area contributed by atoms with E-state index in [1.807, 2.05) is 6.07 Å². The molecule has 0 fully saturated rings. The highest BCUT2D eigenvalue weighted by Gasteiger charge is 2.05. The molecule has 5 heteroatoms. The molecule has 3 N–H and O–H groups in total. The zero-order valence-corrected chi connectivity index (χ0v) is 11.2. The minimum absolute atomic E-state index is 0.0562. The zero-order valence-electron chi connectivity index (χ0n) is 10.3. The van der Waals surface area contributed by atoms with Gasteiger partial charge in [-0.3, -0.25) is 4.79 Å². The van der Waals surface area contributed by atoms with Crippen molar-refractivity contribution in [2.45, 2.75) is 6.92 Å². The number of hydrogen-bond donors (Lipinski definition) is 2. The molecule has 0 aliphatic carbocycles. The van der Waals surface area contributed by atoms with Crippen LogP contribution in [0.2, 0.25) is 0 Å². The first-order valence-electron chi connectivity index (χ1n) is 5.73. The van der Waals surface area contributed by atoms with Crippen molar-refractivity contribution in [2.24, 2.45) is 11.7 Å². The Labute approximate surface area is 112 Å². The topological polar surface area (TPSA) is 78.9 Å². The Morgan fingerprint density at radius 2 is 2.39 bits per heavy atom. The molecular formula is C13H17N3OS. The van der Waals surface area contributed by atoms with Gasteiger partial charge >= 0.3 is 0 Å². The van der Waals surface area contributed by atoms with Crippen molar-refractivity contribution in [2.75, 3.05) is 23.4 Å². The van der Waals surface area contributed by atoms with Gasteiger partial charge in [-0.05, 0) is 36.4 Å². The van der Waals surface area contributed by atoms with Crippen LogP contribution in [0, 0.1) is 17.2 Å². The van der Waals surface area contributed by atoms with Gasteiger partial charge in [0.05, 0.1) is 17.4 Å². The monoisotopic (exact) mass is 263 g/mol. The largest absolute Gasteiger partial charge is 0.330 e. The van der Waals surface area contributed by atoms with E-state index in [4.69, 9.17) is 11.0 Å². The molecule has 4 nitrogen and oxygen atoms in total. The number of hydrogen-bond acceptors (Lipinski definition) is 4. The van der Waals surface area contributed by atoms with E-state index in [0.29, 0.717) is 29.5 Å². The molecule has 1 aromatic rings. The highest BCUT2D eigenvalue weighted by molar-refractivity contribution is 7.99.